The van der Waals surface area contributed by atoms with Crippen molar-refractivity contribution in [1.82, 2.24) is 5.32 Å². The molecule has 4 heteroatoms. The maximum Gasteiger partial charge on any atom is 0.224 e. The lowest BCUT2D eigenvalue weighted by Crippen LogP contribution is -2.30. The number of ether oxygens (including phenoxy) is 2. The summed E-state index contributed by atoms with van der Waals surface area (Å²) in [7, 11) is 3.26. The second-order valence-electron chi connectivity index (χ2n) is 8.70. The van der Waals surface area contributed by atoms with Crippen molar-refractivity contribution in [2.75, 3.05) is 20.8 Å². The van der Waals surface area contributed by atoms with Gasteiger partial charge in [0.25, 0.3) is 0 Å². The van der Waals surface area contributed by atoms with Crippen molar-refractivity contribution in [3.05, 3.63) is 94.5 Å². The summed E-state index contributed by atoms with van der Waals surface area (Å²) in [5.74, 6) is 1.47. The van der Waals surface area contributed by atoms with E-state index in [4.69, 9.17) is 9.47 Å². The average molecular weight is 430 g/mol. The monoisotopic (exact) mass is 429 g/mol. The lowest BCUT2D eigenvalue weighted by atomic mass is 9.84. The molecule has 0 radical (unpaired) electrons. The summed E-state index contributed by atoms with van der Waals surface area (Å²) in [4.78, 5) is 13.2. The van der Waals surface area contributed by atoms with Crippen molar-refractivity contribution >= 4 is 5.91 Å². The molecule has 32 heavy (non-hydrogen) atoms. The Balaban J connectivity index is 1.49. The van der Waals surface area contributed by atoms with E-state index < -0.39 is 0 Å². The number of carbonyl (C=O) groups excluding carboxylic acids is 1. The van der Waals surface area contributed by atoms with Gasteiger partial charge in [0.05, 0.1) is 20.1 Å². The molecule has 166 valence electrons. The highest BCUT2D eigenvalue weighted by molar-refractivity contribution is 5.86. The van der Waals surface area contributed by atoms with Crippen molar-refractivity contribution in [1.29, 1.82) is 0 Å². The minimum absolute atomic E-state index is 0.0588. The molecule has 3 aromatic carbocycles. The van der Waals surface area contributed by atoms with Crippen molar-refractivity contribution in [2.45, 2.75) is 32.1 Å². The van der Waals surface area contributed by atoms with E-state index in [1.54, 1.807) is 14.2 Å². The minimum atomic E-state index is -0.245. The maximum atomic E-state index is 13.2. The molecule has 1 amide bonds. The summed E-state index contributed by atoms with van der Waals surface area (Å²) in [5.41, 5.74) is 5.74. The standard InChI is InChI=1S/C28H31NO3/c1-19-7-5-9-22(15-19)28(23-10-6-8-20(2)16-23)18-24(28)27(30)29-14-13-21-11-12-25(31-3)26(17-21)32-4/h5-12,15-17,24H,13-14,18H2,1-4H3,(H,29,30)/t24-/m0/s1. The third-order valence-corrected chi connectivity index (χ3v) is 6.50. The molecule has 4 rings (SSSR count). The maximum absolute atomic E-state index is 13.2. The molecule has 0 spiro atoms. The lowest BCUT2D eigenvalue weighted by molar-refractivity contribution is -0.122. The molecule has 0 aliphatic heterocycles. The Labute approximate surface area is 190 Å². The third kappa shape index (κ3) is 4.22. The molecule has 1 saturated carbocycles. The van der Waals surface area contributed by atoms with Gasteiger partial charge in [0.1, 0.15) is 0 Å². The van der Waals surface area contributed by atoms with Crippen molar-refractivity contribution < 1.29 is 14.3 Å². The Morgan fingerprint density at radius 2 is 1.53 bits per heavy atom. The van der Waals surface area contributed by atoms with Gasteiger partial charge in [-0.3, -0.25) is 4.79 Å². The number of nitrogens with one attached hydrogen (secondary N) is 1. The number of benzene rings is 3. The first-order chi connectivity index (χ1) is 15.5. The molecule has 1 aliphatic carbocycles. The fraction of sp³-hybridized carbons (Fsp3) is 0.321. The molecule has 0 aromatic heterocycles. The molecule has 1 fully saturated rings. The van der Waals surface area contributed by atoms with Crippen LogP contribution in [0.15, 0.2) is 66.7 Å². The Morgan fingerprint density at radius 1 is 0.906 bits per heavy atom. The summed E-state index contributed by atoms with van der Waals surface area (Å²) in [6, 6.07) is 23.0. The first kappa shape index (κ1) is 21.9. The number of aryl methyl sites for hydroxylation is 2. The second kappa shape index (κ2) is 9.07. The zero-order valence-corrected chi connectivity index (χ0v) is 19.3. The van der Waals surface area contributed by atoms with Crippen LogP contribution in [0.4, 0.5) is 0 Å². The average Bonchev–Trinajstić information content (AvgIpc) is 3.56. The molecule has 1 N–H and O–H groups in total. The Morgan fingerprint density at radius 3 is 2.09 bits per heavy atom. The van der Waals surface area contributed by atoms with Crippen LogP contribution >= 0.6 is 0 Å². The van der Waals surface area contributed by atoms with Gasteiger partial charge in [-0.15, -0.1) is 0 Å². The molecule has 4 nitrogen and oxygen atoms in total. The lowest BCUT2D eigenvalue weighted by Gasteiger charge is -2.20. The second-order valence-corrected chi connectivity index (χ2v) is 8.70. The van der Waals surface area contributed by atoms with Crippen LogP contribution in [-0.4, -0.2) is 26.7 Å². The van der Waals surface area contributed by atoms with Gasteiger partial charge in [-0.1, -0.05) is 65.7 Å². The van der Waals surface area contributed by atoms with E-state index in [1.807, 2.05) is 18.2 Å². The van der Waals surface area contributed by atoms with E-state index >= 15 is 0 Å². The summed E-state index contributed by atoms with van der Waals surface area (Å²) < 4.78 is 10.7. The molecule has 0 heterocycles. The molecule has 3 aromatic rings. The van der Waals surface area contributed by atoms with Gasteiger partial charge >= 0.3 is 0 Å². The first-order valence-corrected chi connectivity index (χ1v) is 11.1. The van der Waals surface area contributed by atoms with E-state index in [-0.39, 0.29) is 17.2 Å². The van der Waals surface area contributed by atoms with E-state index in [2.05, 4.69) is 67.7 Å². The van der Waals surface area contributed by atoms with Gasteiger partial charge in [-0.25, -0.2) is 0 Å². The number of rotatable bonds is 8. The van der Waals surface area contributed by atoms with Crippen LogP contribution in [0.1, 0.15) is 34.2 Å². The number of hydrogen-bond acceptors (Lipinski definition) is 3. The van der Waals surface area contributed by atoms with Crippen LogP contribution in [0, 0.1) is 19.8 Å². The van der Waals surface area contributed by atoms with Crippen molar-refractivity contribution in [3.8, 4) is 11.5 Å². The molecule has 1 atom stereocenters. The van der Waals surface area contributed by atoms with Crippen LogP contribution in [-0.2, 0) is 16.6 Å². The number of amides is 1. The smallest absolute Gasteiger partial charge is 0.224 e. The van der Waals surface area contributed by atoms with Gasteiger partial charge in [0.15, 0.2) is 11.5 Å². The Bertz CT molecular complexity index is 1080. The highest BCUT2D eigenvalue weighted by Crippen LogP contribution is 2.59. The highest BCUT2D eigenvalue weighted by Gasteiger charge is 2.60. The van der Waals surface area contributed by atoms with Crippen LogP contribution in [0.2, 0.25) is 0 Å². The van der Waals surface area contributed by atoms with Crippen LogP contribution in [0.25, 0.3) is 0 Å². The van der Waals surface area contributed by atoms with Crippen LogP contribution < -0.4 is 14.8 Å². The Kier molecular flexibility index (Phi) is 6.22. The van der Waals surface area contributed by atoms with Gasteiger partial charge in [0.2, 0.25) is 5.91 Å². The van der Waals surface area contributed by atoms with E-state index in [0.717, 1.165) is 18.4 Å². The highest BCUT2D eigenvalue weighted by atomic mass is 16.5. The minimum Gasteiger partial charge on any atom is -0.493 e. The van der Waals surface area contributed by atoms with Gasteiger partial charge < -0.3 is 14.8 Å². The van der Waals surface area contributed by atoms with Crippen molar-refractivity contribution in [2.24, 2.45) is 5.92 Å². The fourth-order valence-electron chi connectivity index (χ4n) is 4.72. The first-order valence-electron chi connectivity index (χ1n) is 11.1. The quantitative estimate of drug-likeness (QED) is 0.549. The molecular weight excluding hydrogens is 398 g/mol. The van der Waals surface area contributed by atoms with Gasteiger partial charge in [-0.2, -0.15) is 0 Å². The van der Waals surface area contributed by atoms with E-state index in [1.165, 1.54) is 22.3 Å². The van der Waals surface area contributed by atoms with E-state index in [0.29, 0.717) is 18.0 Å². The Hall–Kier alpha value is -3.27. The molecule has 0 unspecified atom stereocenters. The van der Waals surface area contributed by atoms with Crippen molar-refractivity contribution in [3.63, 3.8) is 0 Å². The SMILES string of the molecule is COc1ccc(CCNC(=O)[C@@H]2CC2(c2cccc(C)c2)c2cccc(C)c2)cc1OC. The molecular formula is C28H31NO3. The summed E-state index contributed by atoms with van der Waals surface area (Å²) >= 11 is 0. The summed E-state index contributed by atoms with van der Waals surface area (Å²) in [6.45, 7) is 4.80. The summed E-state index contributed by atoms with van der Waals surface area (Å²) in [6.07, 6.45) is 1.57. The zero-order chi connectivity index (χ0) is 22.7. The van der Waals surface area contributed by atoms with E-state index in [9.17, 15) is 4.79 Å². The largest absolute Gasteiger partial charge is 0.493 e. The van der Waals surface area contributed by atoms with Gasteiger partial charge in [-0.05, 0) is 55.5 Å². The molecule has 0 bridgehead atoms. The molecule has 0 saturated heterocycles. The third-order valence-electron chi connectivity index (χ3n) is 6.50. The predicted octanol–water partition coefficient (Wildman–Crippen LogP) is 4.99. The summed E-state index contributed by atoms with van der Waals surface area (Å²) in [5, 5.41) is 3.17. The van der Waals surface area contributed by atoms with Crippen LogP contribution in [0.5, 0.6) is 11.5 Å². The zero-order valence-electron chi connectivity index (χ0n) is 19.3. The molecule has 1 aliphatic rings. The number of carbonyl (C=O) groups is 1. The topological polar surface area (TPSA) is 47.6 Å². The normalized spacial score (nSPS) is 16.3. The fourth-order valence-corrected chi connectivity index (χ4v) is 4.72. The predicted molar refractivity (Wildman–Crippen MR) is 128 cm³/mol. The van der Waals surface area contributed by atoms with Crippen LogP contribution in [0.3, 0.4) is 0 Å². The number of methoxy groups -OCH3 is 2. The number of hydrogen-bond donors (Lipinski definition) is 1. The van der Waals surface area contributed by atoms with Gasteiger partial charge in [0, 0.05) is 12.0 Å².